The molecule has 1 aliphatic carbocycles. The molecule has 0 heterocycles. The van der Waals surface area contributed by atoms with Crippen molar-refractivity contribution in [1.82, 2.24) is 10.2 Å². The number of nitrogens with one attached hydrogen (secondary N) is 2. The molecule has 8 nitrogen and oxygen atoms in total. The summed E-state index contributed by atoms with van der Waals surface area (Å²) in [6.07, 6.45) is 0.895. The summed E-state index contributed by atoms with van der Waals surface area (Å²) in [4.78, 5) is 42.7. The first-order valence-corrected chi connectivity index (χ1v) is 13.5. The van der Waals surface area contributed by atoms with Gasteiger partial charge in [-0.05, 0) is 63.8 Å². The molecule has 1 saturated carbocycles. The van der Waals surface area contributed by atoms with Gasteiger partial charge in [-0.3, -0.25) is 9.59 Å². The van der Waals surface area contributed by atoms with Gasteiger partial charge in [0.15, 0.2) is 0 Å². The van der Waals surface area contributed by atoms with Crippen molar-refractivity contribution in [2.24, 2.45) is 0 Å². The van der Waals surface area contributed by atoms with Crippen LogP contribution in [0.1, 0.15) is 56.3 Å². The van der Waals surface area contributed by atoms with Crippen molar-refractivity contribution >= 4 is 23.6 Å². The first kappa shape index (κ1) is 28.7. The SMILES string of the molecule is Cc1ccccc1NC(=O)C(c1ccccc1O)N(C(=O)C(Cc1ccccc1)NC(=O)OC(C)(C)C)C1CC1. The zero-order valence-corrected chi connectivity index (χ0v) is 23.4. The Morgan fingerprint density at radius 1 is 0.950 bits per heavy atom. The normalized spacial score (nSPS) is 14.5. The van der Waals surface area contributed by atoms with Crippen molar-refractivity contribution < 1.29 is 24.2 Å². The zero-order valence-electron chi connectivity index (χ0n) is 23.4. The monoisotopic (exact) mass is 543 g/mol. The highest BCUT2D eigenvalue weighted by Crippen LogP contribution is 2.39. The topological polar surface area (TPSA) is 108 Å². The van der Waals surface area contributed by atoms with Gasteiger partial charge in [0.1, 0.15) is 23.4 Å². The van der Waals surface area contributed by atoms with E-state index in [0.29, 0.717) is 24.1 Å². The molecule has 0 saturated heterocycles. The molecule has 3 aromatic carbocycles. The Kier molecular flexibility index (Phi) is 8.77. The van der Waals surface area contributed by atoms with E-state index in [4.69, 9.17) is 4.74 Å². The van der Waals surface area contributed by atoms with Crippen molar-refractivity contribution in [2.75, 3.05) is 5.32 Å². The lowest BCUT2D eigenvalue weighted by atomic mass is 9.99. The van der Waals surface area contributed by atoms with Gasteiger partial charge in [0.05, 0.1) is 0 Å². The number of amides is 3. The fourth-order valence-corrected chi connectivity index (χ4v) is 4.60. The van der Waals surface area contributed by atoms with Crippen LogP contribution in [-0.4, -0.2) is 45.6 Å². The molecule has 1 aliphatic rings. The number of hydrogen-bond acceptors (Lipinski definition) is 5. The van der Waals surface area contributed by atoms with Gasteiger partial charge < -0.3 is 25.4 Å². The van der Waals surface area contributed by atoms with Crippen LogP contribution in [0.4, 0.5) is 10.5 Å². The molecule has 0 aromatic heterocycles. The third kappa shape index (κ3) is 7.40. The van der Waals surface area contributed by atoms with Crippen LogP contribution in [0, 0.1) is 6.92 Å². The number of phenols is 1. The molecule has 210 valence electrons. The van der Waals surface area contributed by atoms with Crippen LogP contribution in [-0.2, 0) is 20.7 Å². The Bertz CT molecular complexity index is 1350. The molecule has 0 bridgehead atoms. The summed E-state index contributed by atoms with van der Waals surface area (Å²) in [5.74, 6) is -0.970. The molecular formula is C32H37N3O5. The highest BCUT2D eigenvalue weighted by atomic mass is 16.6. The van der Waals surface area contributed by atoms with Gasteiger partial charge in [0.2, 0.25) is 5.91 Å². The average molecular weight is 544 g/mol. The summed E-state index contributed by atoms with van der Waals surface area (Å²) in [6.45, 7) is 7.14. The largest absolute Gasteiger partial charge is 0.508 e. The lowest BCUT2D eigenvalue weighted by Crippen LogP contribution is -2.54. The smallest absolute Gasteiger partial charge is 0.408 e. The fraction of sp³-hybridized carbons (Fsp3) is 0.344. The standard InChI is InChI=1S/C32H37N3O5/c1-21-12-8-10-16-25(21)33-29(37)28(24-15-9-11-17-27(24)36)35(23-18-19-23)30(38)26(20-22-13-6-5-7-14-22)34-31(39)40-32(2,3)4/h5-17,23,26,28,36H,18-20H2,1-4H3,(H,33,37)(H,34,39). The number of anilines is 1. The summed E-state index contributed by atoms with van der Waals surface area (Å²) in [6, 6.07) is 20.9. The van der Waals surface area contributed by atoms with E-state index in [1.165, 1.54) is 11.0 Å². The number of carbonyl (C=O) groups excluding carboxylic acids is 3. The second kappa shape index (κ2) is 12.2. The zero-order chi connectivity index (χ0) is 28.9. The molecule has 2 atom stereocenters. The molecule has 8 heteroatoms. The van der Waals surface area contributed by atoms with Gasteiger partial charge in [-0.15, -0.1) is 0 Å². The number of hydrogen-bond donors (Lipinski definition) is 3. The van der Waals surface area contributed by atoms with Gasteiger partial charge in [-0.2, -0.15) is 0 Å². The maximum Gasteiger partial charge on any atom is 0.408 e. The van der Waals surface area contributed by atoms with Crippen LogP contribution in [0.15, 0.2) is 78.9 Å². The van der Waals surface area contributed by atoms with Crippen molar-refractivity contribution in [3.63, 3.8) is 0 Å². The lowest BCUT2D eigenvalue weighted by Gasteiger charge is -2.35. The molecule has 3 aromatic rings. The van der Waals surface area contributed by atoms with E-state index < -0.39 is 35.6 Å². The lowest BCUT2D eigenvalue weighted by molar-refractivity contribution is -0.141. The number of aryl methyl sites for hydroxylation is 1. The number of rotatable bonds is 9. The van der Waals surface area contributed by atoms with Crippen LogP contribution in [0.5, 0.6) is 5.75 Å². The van der Waals surface area contributed by atoms with Gasteiger partial charge in [0, 0.05) is 23.7 Å². The molecule has 2 unspecified atom stereocenters. The maximum atomic E-state index is 14.4. The summed E-state index contributed by atoms with van der Waals surface area (Å²) in [5.41, 5.74) is 1.88. The molecule has 0 spiro atoms. The van der Waals surface area contributed by atoms with Crippen molar-refractivity contribution in [3.05, 3.63) is 95.6 Å². The van der Waals surface area contributed by atoms with Crippen LogP contribution in [0.2, 0.25) is 0 Å². The van der Waals surface area contributed by atoms with Crippen molar-refractivity contribution in [1.29, 1.82) is 0 Å². The molecule has 0 aliphatic heterocycles. The summed E-state index contributed by atoms with van der Waals surface area (Å²) < 4.78 is 5.48. The third-order valence-electron chi connectivity index (χ3n) is 6.63. The highest BCUT2D eigenvalue weighted by molar-refractivity contribution is 6.00. The second-order valence-electron chi connectivity index (χ2n) is 11.1. The molecule has 4 rings (SSSR count). The van der Waals surface area contributed by atoms with Crippen molar-refractivity contribution in [2.45, 2.75) is 70.7 Å². The Morgan fingerprint density at radius 3 is 2.20 bits per heavy atom. The van der Waals surface area contributed by atoms with E-state index in [2.05, 4.69) is 10.6 Å². The van der Waals surface area contributed by atoms with Gasteiger partial charge in [0.25, 0.3) is 5.91 Å². The van der Waals surface area contributed by atoms with E-state index in [9.17, 15) is 19.5 Å². The predicted molar refractivity (Wildman–Crippen MR) is 154 cm³/mol. The molecular weight excluding hydrogens is 506 g/mol. The number of aromatic hydroxyl groups is 1. The maximum absolute atomic E-state index is 14.4. The first-order valence-electron chi connectivity index (χ1n) is 13.5. The molecule has 3 amide bonds. The minimum absolute atomic E-state index is 0.0920. The molecule has 3 N–H and O–H groups in total. The number of para-hydroxylation sites is 2. The Balaban J connectivity index is 1.73. The van der Waals surface area contributed by atoms with E-state index in [0.717, 1.165) is 11.1 Å². The number of alkyl carbamates (subject to hydrolysis) is 1. The minimum Gasteiger partial charge on any atom is -0.508 e. The molecule has 1 fully saturated rings. The molecule has 40 heavy (non-hydrogen) atoms. The van der Waals surface area contributed by atoms with Crippen molar-refractivity contribution in [3.8, 4) is 5.75 Å². The van der Waals surface area contributed by atoms with E-state index in [1.54, 1.807) is 45.0 Å². The van der Waals surface area contributed by atoms with Crippen LogP contribution in [0.25, 0.3) is 0 Å². The number of ether oxygens (including phenoxy) is 1. The Hall–Kier alpha value is -4.33. The number of carbonyl (C=O) groups is 3. The number of phenolic OH excluding ortho intramolecular Hbond substituents is 1. The predicted octanol–water partition coefficient (Wildman–Crippen LogP) is 5.51. The van der Waals surface area contributed by atoms with E-state index in [-0.39, 0.29) is 18.2 Å². The summed E-state index contributed by atoms with van der Waals surface area (Å²) in [7, 11) is 0. The van der Waals surface area contributed by atoms with Crippen LogP contribution >= 0.6 is 0 Å². The minimum atomic E-state index is -1.13. The highest BCUT2D eigenvalue weighted by Gasteiger charge is 2.45. The van der Waals surface area contributed by atoms with Gasteiger partial charge in [-0.25, -0.2) is 4.79 Å². The number of nitrogens with zero attached hydrogens (tertiary/aromatic N) is 1. The van der Waals surface area contributed by atoms with Gasteiger partial charge >= 0.3 is 6.09 Å². The Morgan fingerprint density at radius 2 is 1.57 bits per heavy atom. The van der Waals surface area contributed by atoms with E-state index >= 15 is 0 Å². The van der Waals surface area contributed by atoms with Crippen LogP contribution < -0.4 is 10.6 Å². The van der Waals surface area contributed by atoms with Gasteiger partial charge in [-0.1, -0.05) is 66.7 Å². The van der Waals surface area contributed by atoms with Crippen LogP contribution in [0.3, 0.4) is 0 Å². The first-order chi connectivity index (χ1) is 19.0. The molecule has 0 radical (unpaired) electrons. The summed E-state index contributed by atoms with van der Waals surface area (Å²) >= 11 is 0. The summed E-state index contributed by atoms with van der Waals surface area (Å²) in [5, 5.41) is 16.5. The quantitative estimate of drug-likeness (QED) is 0.330. The average Bonchev–Trinajstić information content (AvgIpc) is 3.73. The third-order valence-corrected chi connectivity index (χ3v) is 6.63. The fourth-order valence-electron chi connectivity index (χ4n) is 4.60. The second-order valence-corrected chi connectivity index (χ2v) is 11.1. The van der Waals surface area contributed by atoms with E-state index in [1.807, 2.05) is 55.5 Å². The number of benzene rings is 3. The Labute approximate surface area is 235 Å².